The Hall–Kier alpha value is -4.28. The van der Waals surface area contributed by atoms with Crippen molar-refractivity contribution in [1.29, 1.82) is 0 Å². The van der Waals surface area contributed by atoms with Crippen molar-refractivity contribution in [3.05, 3.63) is 102 Å². The van der Waals surface area contributed by atoms with Crippen molar-refractivity contribution in [2.24, 2.45) is 5.10 Å². The van der Waals surface area contributed by atoms with E-state index >= 15 is 0 Å². The maximum absolute atomic E-state index is 12.7. The number of furan rings is 1. The fourth-order valence-corrected chi connectivity index (χ4v) is 6.11. The number of para-hydroxylation sites is 1. The zero-order valence-electron chi connectivity index (χ0n) is 22.5. The number of thiazole rings is 1. The van der Waals surface area contributed by atoms with Gasteiger partial charge in [0, 0.05) is 12.0 Å². The van der Waals surface area contributed by atoms with E-state index in [9.17, 15) is 13.2 Å². The van der Waals surface area contributed by atoms with E-state index in [1.165, 1.54) is 29.0 Å². The molecule has 0 bridgehead atoms. The lowest BCUT2D eigenvalue weighted by Crippen LogP contribution is -2.30. The number of nitrogens with one attached hydrogen (secondary N) is 2. The van der Waals surface area contributed by atoms with Crippen LogP contribution in [0.3, 0.4) is 0 Å². The third-order valence-corrected chi connectivity index (χ3v) is 8.82. The third kappa shape index (κ3) is 7.47. The molecule has 0 aliphatic rings. The predicted molar refractivity (Wildman–Crippen MR) is 164 cm³/mol. The van der Waals surface area contributed by atoms with Gasteiger partial charge < -0.3 is 4.42 Å². The van der Waals surface area contributed by atoms with Crippen LogP contribution < -0.4 is 10.1 Å². The Morgan fingerprint density at radius 2 is 1.66 bits per heavy atom. The topological polar surface area (TPSA) is 114 Å². The molecule has 0 spiro atoms. The molecule has 41 heavy (non-hydrogen) atoms. The number of hydrogen-bond acceptors (Lipinski definition) is 8. The maximum atomic E-state index is 12.7. The summed E-state index contributed by atoms with van der Waals surface area (Å²) < 4.78 is 34.6. The molecule has 0 aliphatic heterocycles. The summed E-state index contributed by atoms with van der Waals surface area (Å²) >= 11 is 1.51. The van der Waals surface area contributed by atoms with Gasteiger partial charge in [0.2, 0.25) is 11.0 Å². The van der Waals surface area contributed by atoms with E-state index < -0.39 is 15.9 Å². The lowest BCUT2D eigenvalue weighted by atomic mass is 10.1. The van der Waals surface area contributed by atoms with Crippen LogP contribution in [0.5, 0.6) is 0 Å². The van der Waals surface area contributed by atoms with Crippen LogP contribution in [0, 0.1) is 0 Å². The van der Waals surface area contributed by atoms with Gasteiger partial charge in [-0.15, -0.1) is 0 Å². The Bertz CT molecular complexity index is 1730. The largest absolute Gasteiger partial charge is 0.455 e. The van der Waals surface area contributed by atoms with Crippen molar-refractivity contribution in [2.75, 3.05) is 5.43 Å². The van der Waals surface area contributed by atoms with Crippen LogP contribution in [0.15, 0.2) is 105 Å². The first-order valence-electron chi connectivity index (χ1n) is 13.3. The summed E-state index contributed by atoms with van der Waals surface area (Å²) in [7, 11) is -3.96. The van der Waals surface area contributed by atoms with Gasteiger partial charge in [-0.2, -0.15) is 5.10 Å². The fraction of sp³-hybridized carbons (Fsp3) is 0.194. The van der Waals surface area contributed by atoms with Gasteiger partial charge in [0.25, 0.3) is 10.0 Å². The second-order valence-corrected chi connectivity index (χ2v) is 12.3. The second kappa shape index (κ2) is 12.9. The van der Waals surface area contributed by atoms with Crippen LogP contribution in [0.4, 0.5) is 5.13 Å². The number of hydrogen-bond donors (Lipinski definition) is 2. The zero-order valence-corrected chi connectivity index (χ0v) is 24.2. The Balaban J connectivity index is 1.13. The van der Waals surface area contributed by atoms with Crippen LogP contribution >= 0.6 is 11.3 Å². The molecule has 8 nitrogen and oxygen atoms in total. The quantitative estimate of drug-likeness (QED) is 0.0924. The van der Waals surface area contributed by atoms with Crippen molar-refractivity contribution < 1.29 is 17.6 Å². The molecule has 10 heteroatoms. The summed E-state index contributed by atoms with van der Waals surface area (Å²) in [6, 6.07) is 27.9. The summed E-state index contributed by atoms with van der Waals surface area (Å²) in [5, 5.41) is 5.07. The SMILES string of the molecule is C/C(=N\Nc1nc2ccccc2s1)c1ccc(-c2ccc(S(=O)(=O)NC(=O)CCCCCc3ccccc3)cc2)o1. The van der Waals surface area contributed by atoms with Crippen LogP contribution in [-0.4, -0.2) is 25.0 Å². The summed E-state index contributed by atoms with van der Waals surface area (Å²) in [6.07, 6.45) is 3.54. The normalized spacial score (nSPS) is 12.0. The minimum absolute atomic E-state index is 0.0169. The number of anilines is 1. The van der Waals surface area contributed by atoms with Crippen molar-refractivity contribution in [3.8, 4) is 11.3 Å². The second-order valence-electron chi connectivity index (χ2n) is 9.56. The monoisotopic (exact) mass is 586 g/mol. The number of fused-ring (bicyclic) bond motifs is 1. The van der Waals surface area contributed by atoms with E-state index in [4.69, 9.17) is 4.42 Å². The van der Waals surface area contributed by atoms with E-state index in [-0.39, 0.29) is 11.3 Å². The van der Waals surface area contributed by atoms with E-state index in [2.05, 4.69) is 32.4 Å². The summed E-state index contributed by atoms with van der Waals surface area (Å²) in [5.41, 5.74) is 6.49. The minimum atomic E-state index is -3.96. The molecule has 0 aliphatic carbocycles. The summed E-state index contributed by atoms with van der Waals surface area (Å²) in [5.74, 6) is 0.637. The number of carbonyl (C=O) groups is 1. The summed E-state index contributed by atoms with van der Waals surface area (Å²) in [6.45, 7) is 1.82. The molecule has 2 heterocycles. The molecule has 0 atom stereocenters. The standard InChI is InChI=1S/C31H30N4O4S2/c1-22(33-34-31-32-26-13-8-9-14-29(26)40-31)27-20-21-28(39-27)24-16-18-25(19-17-24)41(37,38)35-30(36)15-7-3-6-12-23-10-4-2-5-11-23/h2,4-5,8-11,13-14,16-21H,3,6-7,12,15H2,1H3,(H,32,34)(H,35,36)/b33-22+. The number of aryl methyl sites for hydroxylation is 1. The van der Waals surface area contributed by atoms with Crippen molar-refractivity contribution in [3.63, 3.8) is 0 Å². The molecule has 0 radical (unpaired) electrons. The van der Waals surface area contributed by atoms with Gasteiger partial charge in [-0.3, -0.25) is 10.2 Å². The highest BCUT2D eigenvalue weighted by Gasteiger charge is 2.18. The highest BCUT2D eigenvalue weighted by Crippen LogP contribution is 2.26. The van der Waals surface area contributed by atoms with Gasteiger partial charge in [0.15, 0.2) is 5.76 Å². The van der Waals surface area contributed by atoms with Crippen molar-refractivity contribution in [2.45, 2.75) is 43.9 Å². The molecule has 0 saturated heterocycles. The lowest BCUT2D eigenvalue weighted by Gasteiger charge is -2.08. The number of sulfonamides is 1. The van der Waals surface area contributed by atoms with E-state index in [1.807, 2.05) is 49.4 Å². The molecular weight excluding hydrogens is 556 g/mol. The molecule has 5 aromatic rings. The molecule has 5 rings (SSSR count). The first-order chi connectivity index (χ1) is 19.9. The van der Waals surface area contributed by atoms with Gasteiger partial charge in [0.1, 0.15) is 11.5 Å². The number of unbranched alkanes of at least 4 members (excludes halogenated alkanes) is 2. The number of hydrazone groups is 1. The zero-order chi connectivity index (χ0) is 28.7. The molecule has 1 amide bonds. The molecular formula is C31H30N4O4S2. The number of amides is 1. The first kappa shape index (κ1) is 28.3. The Kier molecular flexibility index (Phi) is 8.91. The van der Waals surface area contributed by atoms with Gasteiger partial charge in [-0.25, -0.2) is 18.1 Å². The van der Waals surface area contributed by atoms with Crippen molar-refractivity contribution in [1.82, 2.24) is 9.71 Å². The maximum Gasteiger partial charge on any atom is 0.264 e. The van der Waals surface area contributed by atoms with Crippen LogP contribution in [0.2, 0.25) is 0 Å². The summed E-state index contributed by atoms with van der Waals surface area (Å²) in [4.78, 5) is 16.8. The number of benzene rings is 3. The average molecular weight is 587 g/mol. The molecule has 0 unspecified atom stereocenters. The molecule has 3 aromatic carbocycles. The van der Waals surface area contributed by atoms with E-state index in [0.29, 0.717) is 34.3 Å². The van der Waals surface area contributed by atoms with Gasteiger partial charge >= 0.3 is 0 Å². The molecule has 2 N–H and O–H groups in total. The number of nitrogens with zero attached hydrogens (tertiary/aromatic N) is 2. The smallest absolute Gasteiger partial charge is 0.264 e. The fourth-order valence-electron chi connectivity index (χ4n) is 4.29. The van der Waals surface area contributed by atoms with Crippen molar-refractivity contribution >= 4 is 48.3 Å². The average Bonchev–Trinajstić information content (AvgIpc) is 3.64. The van der Waals surface area contributed by atoms with E-state index in [1.54, 1.807) is 24.3 Å². The minimum Gasteiger partial charge on any atom is -0.455 e. The first-order valence-corrected chi connectivity index (χ1v) is 15.6. The lowest BCUT2D eigenvalue weighted by molar-refractivity contribution is -0.119. The molecule has 0 fully saturated rings. The van der Waals surface area contributed by atoms with Gasteiger partial charge in [-0.05, 0) is 80.3 Å². The van der Waals surface area contributed by atoms with Gasteiger partial charge in [0.05, 0.1) is 15.1 Å². The predicted octanol–water partition coefficient (Wildman–Crippen LogP) is 7.00. The highest BCUT2D eigenvalue weighted by atomic mass is 32.2. The Morgan fingerprint density at radius 1 is 0.902 bits per heavy atom. The highest BCUT2D eigenvalue weighted by molar-refractivity contribution is 7.90. The molecule has 2 aromatic heterocycles. The van der Waals surface area contributed by atoms with Crippen LogP contribution in [0.25, 0.3) is 21.5 Å². The van der Waals surface area contributed by atoms with Crippen LogP contribution in [0.1, 0.15) is 43.9 Å². The van der Waals surface area contributed by atoms with Gasteiger partial charge in [-0.1, -0.05) is 60.2 Å². The molecule has 0 saturated carbocycles. The van der Waals surface area contributed by atoms with Crippen LogP contribution in [-0.2, 0) is 21.2 Å². The molecule has 210 valence electrons. The Labute approximate surface area is 243 Å². The number of carbonyl (C=O) groups excluding carboxylic acids is 1. The number of aromatic nitrogens is 1. The number of rotatable bonds is 12. The third-order valence-electron chi connectivity index (χ3n) is 6.49. The Morgan fingerprint density at radius 3 is 2.44 bits per heavy atom. The van der Waals surface area contributed by atoms with E-state index in [0.717, 1.165) is 29.5 Å².